The molecule has 0 atom stereocenters. The molecule has 2 N–H and O–H groups in total. The van der Waals surface area contributed by atoms with Crippen LogP contribution in [0, 0.1) is 6.92 Å². The largest absolute Gasteiger partial charge is 0.344 e. The molecule has 0 unspecified atom stereocenters. The maximum absolute atomic E-state index is 11.8. The molecule has 2 aromatic rings. The molecule has 0 saturated carbocycles. The Balaban J connectivity index is 1.91. The van der Waals surface area contributed by atoms with E-state index in [1.807, 2.05) is 25.1 Å². The van der Waals surface area contributed by atoms with E-state index in [4.69, 9.17) is 11.6 Å². The quantitative estimate of drug-likeness (QED) is 0.857. The van der Waals surface area contributed by atoms with Gasteiger partial charge in [-0.15, -0.1) is 0 Å². The highest BCUT2D eigenvalue weighted by Crippen LogP contribution is 2.13. The lowest BCUT2D eigenvalue weighted by Gasteiger charge is -2.08. The maximum Gasteiger partial charge on any atom is 0.313 e. The molecule has 0 heterocycles. The van der Waals surface area contributed by atoms with Gasteiger partial charge < -0.3 is 10.6 Å². The lowest BCUT2D eigenvalue weighted by molar-refractivity contribution is -0.136. The predicted molar refractivity (Wildman–Crippen MR) is 83.1 cm³/mol. The first-order valence-electron chi connectivity index (χ1n) is 6.45. The van der Waals surface area contributed by atoms with E-state index in [1.54, 1.807) is 30.3 Å². The van der Waals surface area contributed by atoms with Crippen LogP contribution in [0.5, 0.6) is 0 Å². The second-order valence-corrected chi connectivity index (χ2v) is 5.02. The molecule has 21 heavy (non-hydrogen) atoms. The van der Waals surface area contributed by atoms with E-state index in [0.717, 1.165) is 11.1 Å². The van der Waals surface area contributed by atoms with Crippen molar-refractivity contribution in [3.8, 4) is 0 Å². The molecule has 0 bridgehead atoms. The van der Waals surface area contributed by atoms with Crippen molar-refractivity contribution in [1.29, 1.82) is 0 Å². The van der Waals surface area contributed by atoms with Crippen molar-refractivity contribution in [3.63, 3.8) is 0 Å². The van der Waals surface area contributed by atoms with Gasteiger partial charge in [-0.1, -0.05) is 41.9 Å². The minimum Gasteiger partial charge on any atom is -0.344 e. The summed E-state index contributed by atoms with van der Waals surface area (Å²) in [6.07, 6.45) is 0. The first kappa shape index (κ1) is 15.1. The highest BCUT2D eigenvalue weighted by Gasteiger charge is 2.14. The van der Waals surface area contributed by atoms with Crippen LogP contribution in [0.25, 0.3) is 0 Å². The molecule has 0 aromatic heterocycles. The minimum absolute atomic E-state index is 0.251. The molecular weight excluding hydrogens is 288 g/mol. The molecule has 0 aliphatic carbocycles. The summed E-state index contributed by atoms with van der Waals surface area (Å²) in [4.78, 5) is 23.6. The van der Waals surface area contributed by atoms with Crippen molar-refractivity contribution >= 4 is 29.1 Å². The van der Waals surface area contributed by atoms with Crippen LogP contribution < -0.4 is 10.6 Å². The fourth-order valence-corrected chi connectivity index (χ4v) is 2.01. The van der Waals surface area contributed by atoms with Crippen LogP contribution in [0.1, 0.15) is 11.1 Å². The molecule has 2 amide bonds. The van der Waals surface area contributed by atoms with Gasteiger partial charge in [0.15, 0.2) is 0 Å². The Morgan fingerprint density at radius 2 is 1.81 bits per heavy atom. The lowest BCUT2D eigenvalue weighted by atomic mass is 10.2. The van der Waals surface area contributed by atoms with Gasteiger partial charge >= 0.3 is 11.8 Å². The van der Waals surface area contributed by atoms with Gasteiger partial charge in [0.25, 0.3) is 0 Å². The average molecular weight is 303 g/mol. The van der Waals surface area contributed by atoms with Gasteiger partial charge in [0, 0.05) is 17.3 Å². The third-order valence-corrected chi connectivity index (χ3v) is 3.18. The number of halogens is 1. The number of benzene rings is 2. The van der Waals surface area contributed by atoms with Crippen molar-refractivity contribution in [2.75, 3.05) is 5.32 Å². The molecule has 0 radical (unpaired) electrons. The number of aryl methyl sites for hydroxylation is 1. The Bertz CT molecular complexity index is 671. The zero-order valence-electron chi connectivity index (χ0n) is 11.5. The first-order chi connectivity index (χ1) is 10.1. The summed E-state index contributed by atoms with van der Waals surface area (Å²) < 4.78 is 0. The second kappa shape index (κ2) is 6.90. The smallest absolute Gasteiger partial charge is 0.313 e. The number of hydrogen-bond acceptors (Lipinski definition) is 2. The molecule has 5 heteroatoms. The van der Waals surface area contributed by atoms with E-state index in [1.165, 1.54) is 0 Å². The number of anilines is 1. The summed E-state index contributed by atoms with van der Waals surface area (Å²) in [5.41, 5.74) is 2.36. The standard InChI is InChI=1S/C16H15ClN2O2/c1-11-5-2-3-8-14(11)19-16(21)15(20)18-10-12-6-4-7-13(17)9-12/h2-9H,10H2,1H3,(H,18,20)(H,19,21). The molecule has 4 nitrogen and oxygen atoms in total. The van der Waals surface area contributed by atoms with Crippen molar-refractivity contribution in [2.24, 2.45) is 0 Å². The zero-order valence-corrected chi connectivity index (χ0v) is 12.3. The predicted octanol–water partition coefficient (Wildman–Crippen LogP) is 2.90. The number of carbonyl (C=O) groups is 2. The molecule has 0 spiro atoms. The fraction of sp³-hybridized carbons (Fsp3) is 0.125. The van der Waals surface area contributed by atoms with Crippen LogP contribution in [-0.2, 0) is 16.1 Å². The lowest BCUT2D eigenvalue weighted by Crippen LogP contribution is -2.35. The average Bonchev–Trinajstić information content (AvgIpc) is 2.47. The van der Waals surface area contributed by atoms with Crippen molar-refractivity contribution < 1.29 is 9.59 Å². The molecule has 2 rings (SSSR count). The maximum atomic E-state index is 11.8. The topological polar surface area (TPSA) is 58.2 Å². The molecular formula is C16H15ClN2O2. The van der Waals surface area contributed by atoms with Gasteiger partial charge in [-0.2, -0.15) is 0 Å². The second-order valence-electron chi connectivity index (χ2n) is 4.58. The zero-order chi connectivity index (χ0) is 15.2. The monoisotopic (exact) mass is 302 g/mol. The number of rotatable bonds is 3. The van der Waals surface area contributed by atoms with Crippen LogP contribution in [0.2, 0.25) is 5.02 Å². The minimum atomic E-state index is -0.689. The van der Waals surface area contributed by atoms with Crippen LogP contribution in [-0.4, -0.2) is 11.8 Å². The molecule has 2 aromatic carbocycles. The van der Waals surface area contributed by atoms with E-state index in [0.29, 0.717) is 10.7 Å². The Kier molecular flexibility index (Phi) is 4.95. The van der Waals surface area contributed by atoms with Gasteiger partial charge in [-0.25, -0.2) is 0 Å². The van der Waals surface area contributed by atoms with E-state index in [2.05, 4.69) is 10.6 Å². The number of amides is 2. The van der Waals surface area contributed by atoms with E-state index in [9.17, 15) is 9.59 Å². The van der Waals surface area contributed by atoms with Gasteiger partial charge in [-0.3, -0.25) is 9.59 Å². The summed E-state index contributed by atoms with van der Waals surface area (Å²) in [5.74, 6) is -1.37. The normalized spacial score (nSPS) is 10.0. The van der Waals surface area contributed by atoms with E-state index in [-0.39, 0.29) is 6.54 Å². The van der Waals surface area contributed by atoms with Gasteiger partial charge in [0.2, 0.25) is 0 Å². The summed E-state index contributed by atoms with van der Waals surface area (Å²) in [6.45, 7) is 2.11. The summed E-state index contributed by atoms with van der Waals surface area (Å²) in [6, 6.07) is 14.4. The molecule has 0 saturated heterocycles. The number of hydrogen-bond donors (Lipinski definition) is 2. The van der Waals surface area contributed by atoms with Crippen molar-refractivity contribution in [1.82, 2.24) is 5.32 Å². The Hall–Kier alpha value is -2.33. The highest BCUT2D eigenvalue weighted by molar-refractivity contribution is 6.39. The third kappa shape index (κ3) is 4.33. The van der Waals surface area contributed by atoms with Crippen molar-refractivity contribution in [2.45, 2.75) is 13.5 Å². The molecule has 0 aliphatic rings. The Labute approximate surface area is 128 Å². The summed E-state index contributed by atoms with van der Waals surface area (Å²) >= 11 is 5.86. The van der Waals surface area contributed by atoms with Crippen molar-refractivity contribution in [3.05, 3.63) is 64.7 Å². The van der Waals surface area contributed by atoms with E-state index < -0.39 is 11.8 Å². The van der Waals surface area contributed by atoms with Crippen LogP contribution in [0.15, 0.2) is 48.5 Å². The van der Waals surface area contributed by atoms with Gasteiger partial charge in [0.1, 0.15) is 0 Å². The third-order valence-electron chi connectivity index (χ3n) is 2.94. The Morgan fingerprint density at radius 3 is 2.52 bits per heavy atom. The number of para-hydroxylation sites is 1. The molecule has 0 aliphatic heterocycles. The van der Waals surface area contributed by atoms with Crippen LogP contribution in [0.3, 0.4) is 0 Å². The Morgan fingerprint density at radius 1 is 1.05 bits per heavy atom. The SMILES string of the molecule is Cc1ccccc1NC(=O)C(=O)NCc1cccc(Cl)c1. The summed E-state index contributed by atoms with van der Waals surface area (Å²) in [7, 11) is 0. The summed E-state index contributed by atoms with van der Waals surface area (Å²) in [5, 5.41) is 5.73. The fourth-order valence-electron chi connectivity index (χ4n) is 1.80. The molecule has 0 fully saturated rings. The van der Waals surface area contributed by atoms with Crippen LogP contribution in [0.4, 0.5) is 5.69 Å². The highest BCUT2D eigenvalue weighted by atomic mass is 35.5. The molecule has 108 valence electrons. The number of carbonyl (C=O) groups excluding carboxylic acids is 2. The van der Waals surface area contributed by atoms with Gasteiger partial charge in [-0.05, 0) is 36.2 Å². The van der Waals surface area contributed by atoms with Gasteiger partial charge in [0.05, 0.1) is 0 Å². The number of nitrogens with one attached hydrogen (secondary N) is 2. The first-order valence-corrected chi connectivity index (χ1v) is 6.83. The van der Waals surface area contributed by atoms with E-state index >= 15 is 0 Å². The van der Waals surface area contributed by atoms with Crippen LogP contribution >= 0.6 is 11.6 Å².